The highest BCUT2D eigenvalue weighted by Crippen LogP contribution is 2.42. The SMILES string of the molecule is Brc1ccc2c(c1)oc1ccccc12.I.Nc1ccc(-c2cccc3ccccc23)cc1.[HH].c1ccc2c(-c3ccc(N(c4ccc5c(c4)oc4ccccc45)c4ccc5c(c4)oc4ccccc45)cc3)cccc2c1. The van der Waals surface area contributed by atoms with Crippen molar-refractivity contribution in [1.29, 1.82) is 0 Å². The first-order chi connectivity index (χ1) is 36.5. The van der Waals surface area contributed by atoms with Crippen LogP contribution >= 0.6 is 39.9 Å². The Morgan fingerprint density at radius 1 is 0.307 bits per heavy atom. The van der Waals surface area contributed by atoms with Gasteiger partial charge in [0.05, 0.1) is 0 Å². The minimum Gasteiger partial charge on any atom is -0.456 e. The van der Waals surface area contributed by atoms with E-state index in [-0.39, 0.29) is 25.4 Å². The Balaban J connectivity index is 0.000000152. The van der Waals surface area contributed by atoms with E-state index >= 15 is 0 Å². The van der Waals surface area contributed by atoms with Gasteiger partial charge in [0.1, 0.15) is 33.5 Å². The van der Waals surface area contributed by atoms with Gasteiger partial charge in [0.25, 0.3) is 0 Å². The van der Waals surface area contributed by atoms with Gasteiger partial charge >= 0.3 is 0 Å². The number of nitrogen functional groups attached to an aromatic ring is 1. The molecule has 0 saturated carbocycles. The van der Waals surface area contributed by atoms with Crippen molar-refractivity contribution in [2.75, 3.05) is 10.6 Å². The first-order valence-electron chi connectivity index (χ1n) is 24.6. The van der Waals surface area contributed by atoms with Crippen molar-refractivity contribution >= 4 is 150 Å². The minimum atomic E-state index is 0. The third-order valence-electron chi connectivity index (χ3n) is 13.8. The molecule has 3 heterocycles. The summed E-state index contributed by atoms with van der Waals surface area (Å²) in [5.74, 6) is 0. The van der Waals surface area contributed by atoms with Gasteiger partial charge in [0.15, 0.2) is 0 Å². The number of benzene rings is 12. The van der Waals surface area contributed by atoms with Crippen LogP contribution in [0.25, 0.3) is 110 Å². The summed E-state index contributed by atoms with van der Waals surface area (Å²) in [6, 6.07) is 90.2. The Hall–Kier alpha value is -8.63. The molecular weight excluding hydrogens is 1100 g/mol. The first kappa shape index (κ1) is 47.4. The lowest BCUT2D eigenvalue weighted by atomic mass is 9.98. The molecule has 2 N–H and O–H groups in total. The summed E-state index contributed by atoms with van der Waals surface area (Å²) >= 11 is 3.43. The van der Waals surface area contributed by atoms with E-state index in [1.54, 1.807) is 0 Å². The van der Waals surface area contributed by atoms with Crippen LogP contribution in [0, 0.1) is 0 Å². The van der Waals surface area contributed by atoms with E-state index < -0.39 is 0 Å². The molecule has 362 valence electrons. The molecule has 0 fully saturated rings. The number of halogens is 2. The smallest absolute Gasteiger partial charge is 0.137 e. The maximum absolute atomic E-state index is 6.30. The molecular formula is C68H48BrIN2O3. The molecule has 0 atom stereocenters. The van der Waals surface area contributed by atoms with Crippen LogP contribution < -0.4 is 10.6 Å². The predicted molar refractivity (Wildman–Crippen MR) is 331 cm³/mol. The summed E-state index contributed by atoms with van der Waals surface area (Å²) in [4.78, 5) is 2.27. The maximum Gasteiger partial charge on any atom is 0.137 e. The molecule has 0 spiro atoms. The molecule has 0 amide bonds. The molecule has 12 aromatic carbocycles. The van der Waals surface area contributed by atoms with Crippen molar-refractivity contribution in [3.05, 3.63) is 265 Å². The maximum atomic E-state index is 6.30. The predicted octanol–water partition coefficient (Wildman–Crippen LogP) is 21.1. The monoisotopic (exact) mass is 1150 g/mol. The van der Waals surface area contributed by atoms with Gasteiger partial charge in [0.2, 0.25) is 0 Å². The molecule has 0 aliphatic rings. The van der Waals surface area contributed by atoms with Crippen LogP contribution in [-0.2, 0) is 0 Å². The average molecular weight is 1150 g/mol. The Morgan fingerprint density at radius 2 is 0.653 bits per heavy atom. The van der Waals surface area contributed by atoms with Gasteiger partial charge in [-0.1, -0.05) is 180 Å². The van der Waals surface area contributed by atoms with Crippen LogP contribution in [0.15, 0.2) is 279 Å². The van der Waals surface area contributed by atoms with Crippen molar-refractivity contribution in [3.63, 3.8) is 0 Å². The van der Waals surface area contributed by atoms with Crippen LogP contribution in [0.3, 0.4) is 0 Å². The highest BCUT2D eigenvalue weighted by atomic mass is 127. The number of nitrogens with zero attached hydrogens (tertiary/aromatic N) is 1. The molecule has 7 heteroatoms. The number of hydrogen-bond donors (Lipinski definition) is 1. The molecule has 0 radical (unpaired) electrons. The van der Waals surface area contributed by atoms with Gasteiger partial charge in [-0.3, -0.25) is 0 Å². The number of fused-ring (bicyclic) bond motifs is 11. The lowest BCUT2D eigenvalue weighted by molar-refractivity contribution is 0.668. The standard InChI is InChI=1S/C40H25NO2.C16H13N.C12H7BrO.HI.H2/c1-2-10-31-26(8-1)9-7-13-32(31)27-16-18-28(19-17-27)41(29-20-22-35-33-11-3-5-14-37(33)42-39(35)24-29)30-21-23-36-34-12-4-6-15-38(34)43-40(36)25-30;17-14-10-8-13(9-11-14)16-7-3-5-12-4-1-2-6-15(12)16;13-8-5-6-10-9-3-1-2-4-11(9)14-12(10)7-8;;/h1-25H;1-11H,17H2;1-7H;2*1H. The van der Waals surface area contributed by atoms with Gasteiger partial charge < -0.3 is 23.9 Å². The number of nitrogens with two attached hydrogens (primary N) is 1. The van der Waals surface area contributed by atoms with Crippen LogP contribution in [-0.4, -0.2) is 0 Å². The zero-order chi connectivity index (χ0) is 49.5. The number of anilines is 4. The minimum absolute atomic E-state index is 0. The number of hydrogen-bond acceptors (Lipinski definition) is 5. The zero-order valence-corrected chi connectivity index (χ0v) is 44.3. The van der Waals surface area contributed by atoms with Crippen LogP contribution in [0.5, 0.6) is 0 Å². The summed E-state index contributed by atoms with van der Waals surface area (Å²) in [5.41, 5.74) is 19.8. The Morgan fingerprint density at radius 3 is 1.12 bits per heavy atom. The van der Waals surface area contributed by atoms with E-state index in [0.717, 1.165) is 82.3 Å². The molecule has 0 unspecified atom stereocenters. The van der Waals surface area contributed by atoms with E-state index in [9.17, 15) is 0 Å². The summed E-state index contributed by atoms with van der Waals surface area (Å²) in [5, 5.41) is 11.8. The molecule has 15 rings (SSSR count). The third kappa shape index (κ3) is 9.15. The van der Waals surface area contributed by atoms with Gasteiger partial charge in [-0.25, -0.2) is 0 Å². The molecule has 0 aliphatic heterocycles. The molecule has 75 heavy (non-hydrogen) atoms. The van der Waals surface area contributed by atoms with Crippen molar-refractivity contribution in [2.24, 2.45) is 0 Å². The van der Waals surface area contributed by atoms with Gasteiger partial charge in [-0.15, -0.1) is 24.0 Å². The van der Waals surface area contributed by atoms with Gasteiger partial charge in [-0.05, 0) is 129 Å². The number of furan rings is 3. The Bertz CT molecular complexity index is 4420. The van der Waals surface area contributed by atoms with Crippen molar-refractivity contribution in [1.82, 2.24) is 0 Å². The molecule has 3 aromatic heterocycles. The lowest BCUT2D eigenvalue weighted by Crippen LogP contribution is -2.09. The van der Waals surface area contributed by atoms with Gasteiger partial charge in [-0.2, -0.15) is 0 Å². The quantitative estimate of drug-likeness (QED) is 0.137. The van der Waals surface area contributed by atoms with E-state index in [4.69, 9.17) is 19.0 Å². The Labute approximate surface area is 459 Å². The fourth-order valence-electron chi connectivity index (χ4n) is 10.3. The Kier molecular flexibility index (Phi) is 12.9. The largest absolute Gasteiger partial charge is 0.456 e. The zero-order valence-electron chi connectivity index (χ0n) is 40.4. The summed E-state index contributed by atoms with van der Waals surface area (Å²) < 4.78 is 19.3. The van der Waals surface area contributed by atoms with Gasteiger partial charge in [0, 0.05) is 73.1 Å². The normalized spacial score (nSPS) is 11.2. The van der Waals surface area contributed by atoms with Crippen LogP contribution in [0.2, 0.25) is 0 Å². The highest BCUT2D eigenvalue weighted by molar-refractivity contribution is 14.0. The summed E-state index contributed by atoms with van der Waals surface area (Å²) in [6.07, 6.45) is 0. The second-order valence-electron chi connectivity index (χ2n) is 18.4. The third-order valence-corrected chi connectivity index (χ3v) is 14.3. The molecule has 15 aromatic rings. The summed E-state index contributed by atoms with van der Waals surface area (Å²) in [7, 11) is 0. The van der Waals surface area contributed by atoms with E-state index in [1.807, 2.05) is 66.7 Å². The molecule has 0 aliphatic carbocycles. The number of para-hydroxylation sites is 3. The highest BCUT2D eigenvalue weighted by Gasteiger charge is 2.18. The number of rotatable bonds is 5. The second-order valence-corrected chi connectivity index (χ2v) is 19.3. The topological polar surface area (TPSA) is 68.7 Å². The molecule has 0 saturated heterocycles. The van der Waals surface area contributed by atoms with E-state index in [2.05, 4.69) is 215 Å². The fourth-order valence-corrected chi connectivity index (χ4v) is 10.6. The average Bonchev–Trinajstić information content (AvgIpc) is 4.14. The molecule has 5 nitrogen and oxygen atoms in total. The second kappa shape index (κ2) is 20.3. The summed E-state index contributed by atoms with van der Waals surface area (Å²) in [6.45, 7) is 0. The van der Waals surface area contributed by atoms with Crippen molar-refractivity contribution in [2.45, 2.75) is 0 Å². The van der Waals surface area contributed by atoms with E-state index in [0.29, 0.717) is 0 Å². The van der Waals surface area contributed by atoms with E-state index in [1.165, 1.54) is 54.6 Å². The lowest BCUT2D eigenvalue weighted by Gasteiger charge is -2.25. The first-order valence-corrected chi connectivity index (χ1v) is 25.4. The van der Waals surface area contributed by atoms with Crippen LogP contribution in [0.4, 0.5) is 22.7 Å². The fraction of sp³-hybridized carbons (Fsp3) is 0. The molecule has 0 bridgehead atoms. The van der Waals surface area contributed by atoms with Crippen molar-refractivity contribution in [3.8, 4) is 22.3 Å². The van der Waals surface area contributed by atoms with Crippen LogP contribution in [0.1, 0.15) is 1.43 Å². The van der Waals surface area contributed by atoms with Crippen molar-refractivity contribution < 1.29 is 14.7 Å².